The van der Waals surface area contributed by atoms with E-state index in [1.54, 1.807) is 6.92 Å². The number of aromatic nitrogens is 1. The van der Waals surface area contributed by atoms with Crippen LogP contribution in [0, 0.1) is 27.2 Å². The van der Waals surface area contributed by atoms with Crippen molar-refractivity contribution in [1.29, 1.82) is 0 Å². The van der Waals surface area contributed by atoms with Crippen LogP contribution in [0.4, 0.5) is 5.69 Å². The van der Waals surface area contributed by atoms with Crippen LogP contribution in [-0.4, -0.2) is 44.1 Å². The van der Waals surface area contributed by atoms with Gasteiger partial charge in [-0.1, -0.05) is 0 Å². The summed E-state index contributed by atoms with van der Waals surface area (Å²) in [6, 6.07) is -0.335. The number of allylic oxidation sites excluding steroid dienone is 1. The Morgan fingerprint density at radius 3 is 2.11 bits per heavy atom. The Hall–Kier alpha value is -3.83. The minimum Gasteiger partial charge on any atom is -0.321 e. The molecule has 12 heteroatoms. The number of nitrogens with zero attached hydrogens (tertiary/aromatic N) is 3. The van der Waals surface area contributed by atoms with E-state index in [0.717, 1.165) is 0 Å². The van der Waals surface area contributed by atoms with E-state index in [0.29, 0.717) is 11.4 Å². The molecule has 2 rings (SSSR count). The highest BCUT2D eigenvalue weighted by Crippen LogP contribution is 2.15. The summed E-state index contributed by atoms with van der Waals surface area (Å²) in [4.78, 5) is 69.4. The summed E-state index contributed by atoms with van der Waals surface area (Å²) in [5, 5.41) is 21.0. The van der Waals surface area contributed by atoms with Crippen molar-refractivity contribution >= 4 is 28.9 Å². The van der Waals surface area contributed by atoms with Crippen LogP contribution >= 0.6 is 0 Å². The first-order chi connectivity index (χ1) is 12.9. The lowest BCUT2D eigenvalue weighted by Gasteiger charge is -2.11. The van der Waals surface area contributed by atoms with Gasteiger partial charge < -0.3 is 4.98 Å². The van der Waals surface area contributed by atoms with Gasteiger partial charge in [0.25, 0.3) is 0 Å². The number of nitro groups is 2. The van der Waals surface area contributed by atoms with Crippen LogP contribution < -0.4 is 5.56 Å². The molecular weight excluding hydrogens is 376 g/mol. The van der Waals surface area contributed by atoms with Crippen LogP contribution in [0.2, 0.25) is 0 Å². The van der Waals surface area contributed by atoms with Crippen molar-refractivity contribution in [2.75, 3.05) is 0 Å². The number of carbonyl (C=O) groups is 3. The largest absolute Gasteiger partial charge is 0.344 e. The van der Waals surface area contributed by atoms with Crippen LogP contribution in [0.15, 0.2) is 27.5 Å². The third-order valence-electron chi connectivity index (χ3n) is 3.50. The maximum Gasteiger partial charge on any atom is 0.344 e. The summed E-state index contributed by atoms with van der Waals surface area (Å²) >= 11 is 0. The van der Waals surface area contributed by atoms with Crippen LogP contribution in [0.1, 0.15) is 36.8 Å². The molecule has 0 spiro atoms. The van der Waals surface area contributed by atoms with Gasteiger partial charge in [0, 0.05) is 16.3 Å². The molecule has 1 N–H and O–H groups in total. The van der Waals surface area contributed by atoms with E-state index in [-0.39, 0.29) is 11.1 Å². The van der Waals surface area contributed by atoms with Gasteiger partial charge in [0.15, 0.2) is 11.6 Å². The second kappa shape index (κ2) is 8.70. The number of Topliss-reactive ketones (excluding diaryl/α,β-unsaturated/α-hetero) is 2. The number of amides is 1. The van der Waals surface area contributed by atoms with Gasteiger partial charge in [-0.25, -0.2) is 4.99 Å². The Bertz CT molecular complexity index is 1000. The number of hydrogen-bond donors (Lipinski definition) is 1. The predicted molar refractivity (Wildman–Crippen MR) is 96.1 cm³/mol. The fourth-order valence-corrected chi connectivity index (χ4v) is 2.33. The van der Waals surface area contributed by atoms with E-state index < -0.39 is 44.6 Å². The van der Waals surface area contributed by atoms with Gasteiger partial charge in [0.2, 0.25) is 0 Å². The summed E-state index contributed by atoms with van der Waals surface area (Å²) < 4.78 is 0. The van der Waals surface area contributed by atoms with Gasteiger partial charge in [-0.2, -0.15) is 0 Å². The first kappa shape index (κ1) is 22.2. The molecule has 28 heavy (non-hydrogen) atoms. The molecule has 1 atom stereocenters. The fourth-order valence-electron chi connectivity index (χ4n) is 2.33. The molecule has 0 aromatic carbocycles. The van der Waals surface area contributed by atoms with Crippen molar-refractivity contribution in [3.8, 4) is 0 Å². The summed E-state index contributed by atoms with van der Waals surface area (Å²) in [5.41, 5.74) is -1.06. The Kier molecular flexibility index (Phi) is 6.91. The number of pyridine rings is 1. The van der Waals surface area contributed by atoms with Crippen LogP contribution in [-0.2, 0) is 9.59 Å². The maximum atomic E-state index is 11.2. The zero-order valence-electron chi connectivity index (χ0n) is 15.3. The van der Waals surface area contributed by atoms with E-state index in [1.807, 2.05) is 0 Å². The second-order valence-corrected chi connectivity index (χ2v) is 5.79. The van der Waals surface area contributed by atoms with E-state index in [9.17, 15) is 39.4 Å². The molecule has 1 aromatic rings. The number of aliphatic imine (C=N–C) groups is 1. The van der Waals surface area contributed by atoms with Crippen LogP contribution in [0.25, 0.3) is 0 Å². The Morgan fingerprint density at radius 2 is 1.68 bits per heavy atom. The third kappa shape index (κ3) is 5.09. The molecule has 0 saturated carbocycles. The van der Waals surface area contributed by atoms with E-state index in [1.165, 1.54) is 32.9 Å². The molecule has 148 valence electrons. The summed E-state index contributed by atoms with van der Waals surface area (Å²) in [6.07, 6.45) is 1.27. The lowest BCUT2D eigenvalue weighted by molar-refractivity contribution is -0.496. The first-order valence-electron chi connectivity index (χ1n) is 7.71. The number of rotatable bonds is 4. The lowest BCUT2D eigenvalue weighted by atomic mass is 9.99. The third-order valence-corrected chi connectivity index (χ3v) is 3.50. The highest BCUT2D eigenvalue weighted by atomic mass is 16.6. The van der Waals surface area contributed by atoms with Crippen molar-refractivity contribution in [1.82, 2.24) is 4.98 Å². The standard InChI is InChI=1S/2C8H8N2O4/c2*1-4-3-6(5(2)11)7(10(13)14)8(12)9-4/h3H,1-2H3,(H,9,12);3,7H,1-2H3. The van der Waals surface area contributed by atoms with Crippen molar-refractivity contribution in [2.24, 2.45) is 4.99 Å². The Morgan fingerprint density at radius 1 is 1.11 bits per heavy atom. The van der Waals surface area contributed by atoms with Crippen molar-refractivity contribution in [2.45, 2.75) is 33.7 Å². The normalized spacial score (nSPS) is 15.6. The predicted octanol–water partition coefficient (Wildman–Crippen LogP) is 0.942. The van der Waals surface area contributed by atoms with Gasteiger partial charge in [-0.05, 0) is 39.8 Å². The minimum atomic E-state index is -1.63. The second-order valence-electron chi connectivity index (χ2n) is 5.79. The SMILES string of the molecule is CC(=O)C1=CC(C)=NC(=O)C1[N+](=O)[O-].CC(=O)c1cc(C)[nH]c(=O)c1[N+](=O)[O-]. The number of nitrogens with one attached hydrogen (secondary N) is 1. The Labute approximate surface area is 157 Å². The van der Waals surface area contributed by atoms with E-state index >= 15 is 0 Å². The molecule has 0 fully saturated rings. The van der Waals surface area contributed by atoms with Gasteiger partial charge >= 0.3 is 23.2 Å². The average Bonchev–Trinajstić information content (AvgIpc) is 2.52. The van der Waals surface area contributed by atoms with Crippen molar-refractivity contribution in [3.05, 3.63) is 59.6 Å². The number of hydrogen-bond acceptors (Lipinski definition) is 8. The summed E-state index contributed by atoms with van der Waals surface area (Å²) in [5.74, 6) is -1.86. The molecule has 0 saturated heterocycles. The molecule has 2 heterocycles. The molecule has 12 nitrogen and oxygen atoms in total. The topological polar surface area (TPSA) is 183 Å². The molecule has 1 unspecified atom stereocenters. The molecule has 0 bridgehead atoms. The Balaban J connectivity index is 0.000000280. The molecule has 1 aromatic heterocycles. The number of aryl methyl sites for hydroxylation is 1. The zero-order chi connectivity index (χ0) is 21.8. The van der Waals surface area contributed by atoms with Crippen molar-refractivity contribution < 1.29 is 24.2 Å². The number of aromatic amines is 1. The fraction of sp³-hybridized carbons (Fsp3) is 0.312. The monoisotopic (exact) mass is 392 g/mol. The molecular formula is C16H16N4O8. The summed E-state index contributed by atoms with van der Waals surface area (Å²) in [6.45, 7) is 5.43. The molecule has 0 aliphatic carbocycles. The number of dihydropyridines is 1. The first-order valence-corrected chi connectivity index (χ1v) is 7.71. The minimum absolute atomic E-state index is 0.104. The maximum absolute atomic E-state index is 11.2. The van der Waals surface area contributed by atoms with Crippen LogP contribution in [0.3, 0.4) is 0 Å². The number of ketones is 2. The average molecular weight is 392 g/mol. The number of H-pyrrole nitrogens is 1. The van der Waals surface area contributed by atoms with E-state index in [4.69, 9.17) is 0 Å². The molecule has 1 aliphatic heterocycles. The van der Waals surface area contributed by atoms with Gasteiger partial charge in [-0.15, -0.1) is 0 Å². The highest BCUT2D eigenvalue weighted by Gasteiger charge is 2.38. The van der Waals surface area contributed by atoms with Crippen molar-refractivity contribution in [3.63, 3.8) is 0 Å². The quantitative estimate of drug-likeness (QED) is 0.446. The highest BCUT2D eigenvalue weighted by molar-refractivity contribution is 6.14. The zero-order valence-corrected chi connectivity index (χ0v) is 15.3. The number of carbonyl (C=O) groups excluding carboxylic acids is 3. The lowest BCUT2D eigenvalue weighted by Crippen LogP contribution is -2.36. The van der Waals surface area contributed by atoms with Gasteiger partial charge in [0.1, 0.15) is 5.56 Å². The summed E-state index contributed by atoms with van der Waals surface area (Å²) in [7, 11) is 0. The van der Waals surface area contributed by atoms with Crippen LogP contribution in [0.5, 0.6) is 0 Å². The molecule has 1 amide bonds. The van der Waals surface area contributed by atoms with Gasteiger partial charge in [0.05, 0.1) is 10.5 Å². The molecule has 1 aliphatic rings. The molecule has 0 radical (unpaired) electrons. The van der Waals surface area contributed by atoms with E-state index in [2.05, 4.69) is 9.98 Å². The van der Waals surface area contributed by atoms with Gasteiger partial charge in [-0.3, -0.25) is 39.4 Å². The smallest absolute Gasteiger partial charge is 0.321 e.